The number of hydrogen-bond donors (Lipinski definition) is 1. The number of piperazine rings is 1. The largest absolute Gasteiger partial charge is 0.351 e. The highest BCUT2D eigenvalue weighted by molar-refractivity contribution is 5.94. The lowest BCUT2D eigenvalue weighted by atomic mass is 10.1. The maximum absolute atomic E-state index is 12.9. The van der Waals surface area contributed by atoms with Crippen molar-refractivity contribution in [1.29, 1.82) is 0 Å². The van der Waals surface area contributed by atoms with Crippen molar-refractivity contribution in [2.75, 3.05) is 39.3 Å². The molecule has 1 N–H and O–H groups in total. The van der Waals surface area contributed by atoms with Crippen LogP contribution in [0.15, 0.2) is 54.6 Å². The maximum Gasteiger partial charge on any atom is 0.251 e. The number of nitrogens with one attached hydrogen (secondary N) is 1. The average molecular weight is 383 g/mol. The van der Waals surface area contributed by atoms with E-state index in [4.69, 9.17) is 0 Å². The van der Waals surface area contributed by atoms with Gasteiger partial charge in [0.25, 0.3) is 5.91 Å². The number of nitrogens with zero attached hydrogens (tertiary/aromatic N) is 2. The highest BCUT2D eigenvalue weighted by Crippen LogP contribution is 2.08. The summed E-state index contributed by atoms with van der Waals surface area (Å²) in [7, 11) is 0. The van der Waals surface area contributed by atoms with Gasteiger partial charge in [0.1, 0.15) is 5.82 Å². The van der Waals surface area contributed by atoms with Gasteiger partial charge in [0.05, 0.1) is 0 Å². The SMILES string of the molecule is O=C(NCCN1CCN(C(=O)CCc2ccccc2)CC1)c1ccc(F)cc1. The Bertz CT molecular complexity index is 772. The van der Waals surface area contributed by atoms with E-state index in [9.17, 15) is 14.0 Å². The fourth-order valence-corrected chi connectivity index (χ4v) is 3.31. The summed E-state index contributed by atoms with van der Waals surface area (Å²) in [6.45, 7) is 4.32. The first-order valence-corrected chi connectivity index (χ1v) is 9.69. The van der Waals surface area contributed by atoms with Gasteiger partial charge < -0.3 is 10.2 Å². The number of hydrogen-bond acceptors (Lipinski definition) is 3. The monoisotopic (exact) mass is 383 g/mol. The standard InChI is InChI=1S/C22H26FN3O2/c23-20-9-7-19(8-10-20)22(28)24-12-13-25-14-16-26(17-15-25)21(27)11-6-18-4-2-1-3-5-18/h1-5,7-10H,6,11-17H2,(H,24,28). The average Bonchev–Trinajstić information content (AvgIpc) is 2.73. The maximum atomic E-state index is 12.9. The van der Waals surface area contributed by atoms with Gasteiger partial charge in [-0.3, -0.25) is 14.5 Å². The Hall–Kier alpha value is -2.73. The Labute approximate surface area is 165 Å². The third-order valence-corrected chi connectivity index (χ3v) is 5.02. The third kappa shape index (κ3) is 5.89. The molecule has 0 atom stereocenters. The molecule has 6 heteroatoms. The van der Waals surface area contributed by atoms with Gasteiger partial charge >= 0.3 is 0 Å². The van der Waals surface area contributed by atoms with E-state index in [0.29, 0.717) is 18.5 Å². The zero-order valence-electron chi connectivity index (χ0n) is 15.9. The molecule has 2 aromatic carbocycles. The van der Waals surface area contributed by atoms with E-state index in [1.807, 2.05) is 35.2 Å². The quantitative estimate of drug-likeness (QED) is 0.799. The molecule has 148 valence electrons. The summed E-state index contributed by atoms with van der Waals surface area (Å²) in [5.41, 5.74) is 1.64. The summed E-state index contributed by atoms with van der Waals surface area (Å²) < 4.78 is 12.9. The molecule has 28 heavy (non-hydrogen) atoms. The predicted octanol–water partition coefficient (Wildman–Crippen LogP) is 2.33. The number of carbonyl (C=O) groups is 2. The van der Waals surface area contributed by atoms with Crippen molar-refractivity contribution in [3.63, 3.8) is 0 Å². The summed E-state index contributed by atoms with van der Waals surface area (Å²) >= 11 is 0. The Kier molecular flexibility index (Phi) is 7.14. The van der Waals surface area contributed by atoms with Crippen LogP contribution in [0.3, 0.4) is 0 Å². The van der Waals surface area contributed by atoms with Crippen molar-refractivity contribution in [2.24, 2.45) is 0 Å². The molecule has 2 aromatic rings. The topological polar surface area (TPSA) is 52.7 Å². The molecule has 0 radical (unpaired) electrons. The van der Waals surface area contributed by atoms with E-state index in [-0.39, 0.29) is 17.6 Å². The molecule has 0 aliphatic carbocycles. The van der Waals surface area contributed by atoms with Crippen molar-refractivity contribution in [3.8, 4) is 0 Å². The van der Waals surface area contributed by atoms with Gasteiger partial charge in [0.2, 0.25) is 5.91 Å². The second-order valence-corrected chi connectivity index (χ2v) is 6.97. The first-order chi connectivity index (χ1) is 13.6. The fourth-order valence-electron chi connectivity index (χ4n) is 3.31. The predicted molar refractivity (Wildman–Crippen MR) is 107 cm³/mol. The molecule has 0 bridgehead atoms. The molecule has 1 aliphatic heterocycles. The van der Waals surface area contributed by atoms with Gasteiger partial charge in [-0.1, -0.05) is 30.3 Å². The zero-order valence-corrected chi connectivity index (χ0v) is 15.9. The van der Waals surface area contributed by atoms with Crippen LogP contribution >= 0.6 is 0 Å². The third-order valence-electron chi connectivity index (χ3n) is 5.02. The van der Waals surface area contributed by atoms with Crippen LogP contribution < -0.4 is 5.32 Å². The number of rotatable bonds is 7. The molecule has 0 saturated carbocycles. The van der Waals surface area contributed by atoms with E-state index in [0.717, 1.165) is 39.1 Å². The second-order valence-electron chi connectivity index (χ2n) is 6.97. The molecular formula is C22H26FN3O2. The molecule has 1 saturated heterocycles. The van der Waals surface area contributed by atoms with Crippen LogP contribution in [-0.2, 0) is 11.2 Å². The van der Waals surface area contributed by atoms with Gasteiger partial charge in [-0.2, -0.15) is 0 Å². The van der Waals surface area contributed by atoms with Crippen LogP contribution in [0.25, 0.3) is 0 Å². The molecule has 1 heterocycles. The summed E-state index contributed by atoms with van der Waals surface area (Å²) in [6, 6.07) is 15.6. The van der Waals surface area contributed by atoms with Crippen molar-refractivity contribution in [2.45, 2.75) is 12.8 Å². The van der Waals surface area contributed by atoms with Gasteiger partial charge in [-0.05, 0) is 36.2 Å². The van der Waals surface area contributed by atoms with Gasteiger partial charge in [-0.25, -0.2) is 4.39 Å². The van der Waals surface area contributed by atoms with Crippen molar-refractivity contribution >= 4 is 11.8 Å². The number of halogens is 1. The smallest absolute Gasteiger partial charge is 0.251 e. The molecule has 5 nitrogen and oxygen atoms in total. The van der Waals surface area contributed by atoms with E-state index in [2.05, 4.69) is 10.2 Å². The Morgan fingerprint density at radius 3 is 2.29 bits per heavy atom. The molecular weight excluding hydrogens is 357 g/mol. The summed E-state index contributed by atoms with van der Waals surface area (Å²) in [6.07, 6.45) is 1.31. The number of benzene rings is 2. The first kappa shape index (κ1) is 20.0. The fraction of sp³-hybridized carbons (Fsp3) is 0.364. The molecule has 0 aromatic heterocycles. The molecule has 0 spiro atoms. The highest BCUT2D eigenvalue weighted by Gasteiger charge is 2.20. The molecule has 3 rings (SSSR count). The van der Waals surface area contributed by atoms with Crippen LogP contribution in [-0.4, -0.2) is 60.9 Å². The first-order valence-electron chi connectivity index (χ1n) is 9.69. The molecule has 1 aliphatic rings. The van der Waals surface area contributed by atoms with Crippen LogP contribution in [0.4, 0.5) is 4.39 Å². The lowest BCUT2D eigenvalue weighted by molar-refractivity contribution is -0.132. The van der Waals surface area contributed by atoms with E-state index >= 15 is 0 Å². The van der Waals surface area contributed by atoms with Crippen LogP contribution in [0.1, 0.15) is 22.3 Å². The van der Waals surface area contributed by atoms with Gasteiger partial charge in [0, 0.05) is 51.3 Å². The lowest BCUT2D eigenvalue weighted by Crippen LogP contribution is -2.50. The Morgan fingerprint density at radius 2 is 1.61 bits per heavy atom. The normalized spacial score (nSPS) is 14.7. The van der Waals surface area contributed by atoms with Crippen LogP contribution in [0.5, 0.6) is 0 Å². The summed E-state index contributed by atoms with van der Waals surface area (Å²) in [4.78, 5) is 28.6. The Balaban J connectivity index is 1.33. The number of aryl methyl sites for hydroxylation is 1. The minimum atomic E-state index is -0.354. The van der Waals surface area contributed by atoms with Crippen molar-refractivity contribution in [1.82, 2.24) is 15.1 Å². The minimum Gasteiger partial charge on any atom is -0.351 e. The van der Waals surface area contributed by atoms with Crippen LogP contribution in [0.2, 0.25) is 0 Å². The van der Waals surface area contributed by atoms with Gasteiger partial charge in [0.15, 0.2) is 0 Å². The van der Waals surface area contributed by atoms with E-state index < -0.39 is 0 Å². The summed E-state index contributed by atoms with van der Waals surface area (Å²) in [5, 5.41) is 2.85. The lowest BCUT2D eigenvalue weighted by Gasteiger charge is -2.34. The molecule has 0 unspecified atom stereocenters. The number of carbonyl (C=O) groups excluding carboxylic acids is 2. The van der Waals surface area contributed by atoms with Crippen molar-refractivity contribution in [3.05, 3.63) is 71.5 Å². The number of amides is 2. The molecule has 1 fully saturated rings. The van der Waals surface area contributed by atoms with Gasteiger partial charge in [-0.15, -0.1) is 0 Å². The summed E-state index contributed by atoms with van der Waals surface area (Å²) in [5.74, 6) is -0.351. The second kappa shape index (κ2) is 9.99. The van der Waals surface area contributed by atoms with Crippen LogP contribution in [0, 0.1) is 5.82 Å². The van der Waals surface area contributed by atoms with E-state index in [1.54, 1.807) is 0 Å². The van der Waals surface area contributed by atoms with Crippen molar-refractivity contribution < 1.29 is 14.0 Å². The van der Waals surface area contributed by atoms with E-state index in [1.165, 1.54) is 29.8 Å². The highest BCUT2D eigenvalue weighted by atomic mass is 19.1. The Morgan fingerprint density at radius 1 is 0.929 bits per heavy atom. The zero-order chi connectivity index (χ0) is 19.8. The minimum absolute atomic E-state index is 0.199. The molecule has 2 amide bonds.